The number of thiol groups is 1. The summed E-state index contributed by atoms with van der Waals surface area (Å²) in [4.78, 5) is 0. The van der Waals surface area contributed by atoms with Gasteiger partial charge in [0.2, 0.25) is 0 Å². The molecule has 0 saturated heterocycles. The molecule has 68 valence electrons. The summed E-state index contributed by atoms with van der Waals surface area (Å²) in [6.07, 6.45) is 8.26. The molecule has 1 aliphatic carbocycles. The van der Waals surface area contributed by atoms with Crippen molar-refractivity contribution in [2.24, 2.45) is 0 Å². The fourth-order valence-corrected chi connectivity index (χ4v) is 1.81. The van der Waals surface area contributed by atoms with Crippen LogP contribution in [-0.2, 0) is 0 Å². The van der Waals surface area contributed by atoms with Gasteiger partial charge in [0.15, 0.2) is 0 Å². The summed E-state index contributed by atoms with van der Waals surface area (Å²) in [6, 6.07) is 0. The first-order valence-corrected chi connectivity index (χ1v) is 5.38. The second-order valence-corrected chi connectivity index (χ2v) is 4.49. The van der Waals surface area contributed by atoms with Crippen molar-refractivity contribution in [2.75, 3.05) is 0 Å². The minimum Gasteiger partial charge on any atom is -0.173 e. The second kappa shape index (κ2) is 5.93. The first-order chi connectivity index (χ1) is 5.21. The number of hydrogen-bond donors (Lipinski definition) is 1. The summed E-state index contributed by atoms with van der Waals surface area (Å²) in [6.45, 7) is 6.27. The average Bonchev–Trinajstić information content (AvgIpc) is 2.17. The van der Waals surface area contributed by atoms with Gasteiger partial charge in [-0.3, -0.25) is 0 Å². The van der Waals surface area contributed by atoms with Gasteiger partial charge in [0, 0.05) is 4.75 Å². The third-order valence-corrected chi connectivity index (χ3v) is 2.63. The van der Waals surface area contributed by atoms with Gasteiger partial charge in [-0.2, -0.15) is 12.6 Å². The van der Waals surface area contributed by atoms with Crippen LogP contribution in [0.25, 0.3) is 0 Å². The first-order valence-electron chi connectivity index (χ1n) is 4.93. The smallest absolute Gasteiger partial charge is 0.0101 e. The van der Waals surface area contributed by atoms with E-state index in [4.69, 9.17) is 0 Å². The van der Waals surface area contributed by atoms with Crippen LogP contribution in [0, 0.1) is 0 Å². The largest absolute Gasteiger partial charge is 0.173 e. The maximum Gasteiger partial charge on any atom is 0.0101 e. The van der Waals surface area contributed by atoms with Crippen LogP contribution < -0.4 is 0 Å². The van der Waals surface area contributed by atoms with Gasteiger partial charge in [0.05, 0.1) is 0 Å². The molecule has 0 bridgehead atoms. The maximum atomic E-state index is 4.59. The lowest BCUT2D eigenvalue weighted by atomic mass is 10.0. The minimum absolute atomic E-state index is 0.358. The molecule has 0 aliphatic heterocycles. The highest BCUT2D eigenvalue weighted by Gasteiger charge is 2.19. The Hall–Kier alpha value is 0.350. The van der Waals surface area contributed by atoms with Crippen molar-refractivity contribution >= 4 is 12.6 Å². The lowest BCUT2D eigenvalue weighted by Gasteiger charge is -2.19. The van der Waals surface area contributed by atoms with E-state index in [-0.39, 0.29) is 0 Å². The molecular weight excluding hydrogens is 152 g/mol. The Labute approximate surface area is 77.2 Å². The Morgan fingerprint density at radius 3 is 1.64 bits per heavy atom. The molecule has 0 aromatic heterocycles. The highest BCUT2D eigenvalue weighted by molar-refractivity contribution is 7.81. The lowest BCUT2D eigenvalue weighted by Crippen LogP contribution is -2.13. The van der Waals surface area contributed by atoms with Crippen LogP contribution >= 0.6 is 12.6 Å². The molecule has 0 amide bonds. The Morgan fingerprint density at radius 2 is 1.27 bits per heavy atom. The fourth-order valence-electron chi connectivity index (χ4n) is 1.49. The zero-order chi connectivity index (χ0) is 8.74. The molecule has 0 spiro atoms. The van der Waals surface area contributed by atoms with Crippen LogP contribution in [0.2, 0.25) is 0 Å². The van der Waals surface area contributed by atoms with Gasteiger partial charge in [0.1, 0.15) is 0 Å². The highest BCUT2D eigenvalue weighted by atomic mass is 32.1. The minimum atomic E-state index is 0.358. The predicted molar refractivity (Wildman–Crippen MR) is 56.4 cm³/mol. The van der Waals surface area contributed by atoms with Gasteiger partial charge in [-0.1, -0.05) is 46.5 Å². The van der Waals surface area contributed by atoms with Crippen LogP contribution in [-0.4, -0.2) is 4.75 Å². The van der Waals surface area contributed by atoms with Crippen LogP contribution in [0.15, 0.2) is 0 Å². The third kappa shape index (κ3) is 5.60. The van der Waals surface area contributed by atoms with Crippen LogP contribution in [0.1, 0.15) is 59.3 Å². The summed E-state index contributed by atoms with van der Waals surface area (Å²) in [5.74, 6) is 0. The first kappa shape index (κ1) is 11.4. The molecule has 11 heavy (non-hydrogen) atoms. The molecule has 0 nitrogen and oxygen atoms in total. The summed E-state index contributed by atoms with van der Waals surface area (Å²) in [5, 5.41) is 0. The SMILES string of the molecule is CC.CC1(S)CCCCCC1. The number of hydrogen-bond acceptors (Lipinski definition) is 1. The van der Waals surface area contributed by atoms with Crippen molar-refractivity contribution in [3.8, 4) is 0 Å². The summed E-state index contributed by atoms with van der Waals surface area (Å²) in [5.41, 5.74) is 0. The Kier molecular flexibility index (Phi) is 6.12. The van der Waals surface area contributed by atoms with Crippen molar-refractivity contribution in [1.82, 2.24) is 0 Å². The van der Waals surface area contributed by atoms with Crippen molar-refractivity contribution in [1.29, 1.82) is 0 Å². The van der Waals surface area contributed by atoms with E-state index < -0.39 is 0 Å². The molecule has 0 aromatic carbocycles. The van der Waals surface area contributed by atoms with Crippen molar-refractivity contribution in [2.45, 2.75) is 64.0 Å². The van der Waals surface area contributed by atoms with Crippen LogP contribution in [0.5, 0.6) is 0 Å². The molecule has 1 rings (SSSR count). The van der Waals surface area contributed by atoms with Gasteiger partial charge in [-0.25, -0.2) is 0 Å². The Balaban J connectivity index is 0.000000461. The van der Waals surface area contributed by atoms with E-state index in [1.807, 2.05) is 13.8 Å². The molecule has 0 radical (unpaired) electrons. The predicted octanol–water partition coefficient (Wildman–Crippen LogP) is 4.06. The van der Waals surface area contributed by atoms with Crippen LogP contribution in [0.4, 0.5) is 0 Å². The number of rotatable bonds is 0. The molecule has 0 atom stereocenters. The van der Waals surface area contributed by atoms with E-state index in [1.54, 1.807) is 0 Å². The normalized spacial score (nSPS) is 22.9. The molecule has 1 fully saturated rings. The summed E-state index contributed by atoms with van der Waals surface area (Å²) >= 11 is 4.59. The van der Waals surface area contributed by atoms with E-state index in [1.165, 1.54) is 38.5 Å². The Bertz CT molecular complexity index is 76.9. The van der Waals surface area contributed by atoms with E-state index >= 15 is 0 Å². The molecule has 0 N–H and O–H groups in total. The zero-order valence-corrected chi connectivity index (χ0v) is 9.08. The second-order valence-electron chi connectivity index (χ2n) is 3.41. The van der Waals surface area contributed by atoms with Gasteiger partial charge in [-0.05, 0) is 12.8 Å². The molecule has 1 saturated carbocycles. The van der Waals surface area contributed by atoms with Crippen LogP contribution in [0.3, 0.4) is 0 Å². The van der Waals surface area contributed by atoms with E-state index in [2.05, 4.69) is 19.6 Å². The summed E-state index contributed by atoms with van der Waals surface area (Å²) in [7, 11) is 0. The monoisotopic (exact) mass is 174 g/mol. The summed E-state index contributed by atoms with van der Waals surface area (Å²) < 4.78 is 0.358. The zero-order valence-electron chi connectivity index (χ0n) is 8.19. The highest BCUT2D eigenvalue weighted by Crippen LogP contribution is 2.31. The maximum absolute atomic E-state index is 4.59. The molecule has 0 heterocycles. The van der Waals surface area contributed by atoms with Gasteiger partial charge in [0.25, 0.3) is 0 Å². The van der Waals surface area contributed by atoms with E-state index in [9.17, 15) is 0 Å². The topological polar surface area (TPSA) is 0 Å². The standard InChI is InChI=1S/C8H16S.C2H6/c1-8(9)6-4-2-3-5-7-8;1-2/h9H,2-7H2,1H3;1-2H3. The lowest BCUT2D eigenvalue weighted by molar-refractivity contribution is 0.561. The van der Waals surface area contributed by atoms with Crippen molar-refractivity contribution in [3.05, 3.63) is 0 Å². The third-order valence-electron chi connectivity index (χ3n) is 2.18. The van der Waals surface area contributed by atoms with Gasteiger partial charge < -0.3 is 0 Å². The molecule has 1 aliphatic rings. The fraction of sp³-hybridized carbons (Fsp3) is 1.00. The van der Waals surface area contributed by atoms with E-state index in [0.29, 0.717) is 4.75 Å². The Morgan fingerprint density at radius 1 is 0.909 bits per heavy atom. The van der Waals surface area contributed by atoms with Gasteiger partial charge >= 0.3 is 0 Å². The van der Waals surface area contributed by atoms with Crippen molar-refractivity contribution in [3.63, 3.8) is 0 Å². The van der Waals surface area contributed by atoms with E-state index in [0.717, 1.165) is 0 Å². The average molecular weight is 174 g/mol. The molecule has 0 aromatic rings. The van der Waals surface area contributed by atoms with Crippen molar-refractivity contribution < 1.29 is 0 Å². The molecule has 1 heteroatoms. The molecule has 0 unspecified atom stereocenters. The molecular formula is C10H22S. The quantitative estimate of drug-likeness (QED) is 0.415. The van der Waals surface area contributed by atoms with Gasteiger partial charge in [-0.15, -0.1) is 0 Å².